The largest absolute Gasteiger partial charge is 0.264 e. The third kappa shape index (κ3) is 6.08. The predicted molar refractivity (Wildman–Crippen MR) is 259 cm³/mol. The van der Waals surface area contributed by atoms with Crippen LogP contribution in [0, 0.1) is 0 Å². The summed E-state index contributed by atoms with van der Waals surface area (Å²) in [5.41, 5.74) is 16.5. The first-order chi connectivity index (χ1) is 31.2. The van der Waals surface area contributed by atoms with Crippen LogP contribution < -0.4 is 0 Å². The molecule has 0 N–H and O–H groups in total. The molecule has 2 heterocycles. The molecule has 12 rings (SSSR count). The fourth-order valence-corrected chi connectivity index (χ4v) is 9.93. The molecule has 2 aromatic heterocycles. The molecular formula is C60H39N3. The molecular weight excluding hydrogens is 763 g/mol. The number of nitrogens with zero attached hydrogens (tertiary/aromatic N) is 3. The van der Waals surface area contributed by atoms with Crippen LogP contribution in [0.25, 0.3) is 88.8 Å². The number of hydrogen-bond donors (Lipinski definition) is 0. The standard InChI is InChI=1S/C60H39N3/c1-4-15-42(16-5-1)59-62-57(41-28-26-40(27-29-41)46-19-14-34-61-39-46)38-58(63-59)53-33-32-49(50-24-12-13-25-51(50)53)45-30-31-52-54-35-43-17-10-11-18-44(43)36-56(54)60(55(52)37-45,47-20-6-2-7-21-47)48-22-8-3-9-23-48/h1-39H. The molecule has 9 aromatic carbocycles. The van der Waals surface area contributed by atoms with Gasteiger partial charge in [-0.1, -0.05) is 194 Å². The van der Waals surface area contributed by atoms with Gasteiger partial charge < -0.3 is 0 Å². The molecule has 0 amide bonds. The van der Waals surface area contributed by atoms with E-state index in [0.29, 0.717) is 5.82 Å². The molecule has 3 nitrogen and oxygen atoms in total. The van der Waals surface area contributed by atoms with Gasteiger partial charge in [0.15, 0.2) is 5.82 Å². The number of rotatable bonds is 7. The fourth-order valence-electron chi connectivity index (χ4n) is 9.93. The zero-order chi connectivity index (χ0) is 41.7. The van der Waals surface area contributed by atoms with Crippen molar-refractivity contribution in [3.05, 3.63) is 259 Å². The lowest BCUT2D eigenvalue weighted by Gasteiger charge is -2.34. The lowest BCUT2D eigenvalue weighted by molar-refractivity contribution is 0.770. The van der Waals surface area contributed by atoms with Crippen LogP contribution in [-0.4, -0.2) is 15.0 Å². The molecule has 3 heteroatoms. The van der Waals surface area contributed by atoms with E-state index in [9.17, 15) is 0 Å². The first kappa shape index (κ1) is 36.6. The van der Waals surface area contributed by atoms with E-state index in [2.05, 4.69) is 205 Å². The Balaban J connectivity index is 1.04. The molecule has 0 fully saturated rings. The van der Waals surface area contributed by atoms with Crippen LogP contribution in [0.2, 0.25) is 0 Å². The molecule has 0 radical (unpaired) electrons. The van der Waals surface area contributed by atoms with Crippen LogP contribution in [-0.2, 0) is 5.41 Å². The van der Waals surface area contributed by atoms with Crippen molar-refractivity contribution in [2.24, 2.45) is 0 Å². The van der Waals surface area contributed by atoms with Gasteiger partial charge in [-0.2, -0.15) is 0 Å². The third-order valence-corrected chi connectivity index (χ3v) is 12.9. The summed E-state index contributed by atoms with van der Waals surface area (Å²) >= 11 is 0. The van der Waals surface area contributed by atoms with E-state index in [1.54, 1.807) is 6.20 Å². The highest BCUT2D eigenvalue weighted by Gasteiger charge is 2.46. The van der Waals surface area contributed by atoms with Crippen molar-refractivity contribution in [1.29, 1.82) is 0 Å². The second kappa shape index (κ2) is 15.0. The van der Waals surface area contributed by atoms with Gasteiger partial charge in [0.05, 0.1) is 16.8 Å². The summed E-state index contributed by atoms with van der Waals surface area (Å²) in [5, 5.41) is 4.79. The minimum absolute atomic E-state index is 0.523. The van der Waals surface area contributed by atoms with Crippen molar-refractivity contribution < 1.29 is 0 Å². The van der Waals surface area contributed by atoms with Gasteiger partial charge in [-0.15, -0.1) is 0 Å². The zero-order valence-corrected chi connectivity index (χ0v) is 34.4. The van der Waals surface area contributed by atoms with Crippen LogP contribution in [0.5, 0.6) is 0 Å². The van der Waals surface area contributed by atoms with Crippen molar-refractivity contribution in [3.63, 3.8) is 0 Å². The van der Waals surface area contributed by atoms with E-state index < -0.39 is 5.41 Å². The minimum atomic E-state index is -0.523. The van der Waals surface area contributed by atoms with E-state index in [1.807, 2.05) is 30.5 Å². The number of hydrogen-bond acceptors (Lipinski definition) is 3. The summed E-state index contributed by atoms with van der Waals surface area (Å²) in [6.07, 6.45) is 3.70. The summed E-state index contributed by atoms with van der Waals surface area (Å²) in [5.74, 6) is 0.691. The van der Waals surface area contributed by atoms with Gasteiger partial charge in [0.2, 0.25) is 0 Å². The molecule has 0 atom stereocenters. The van der Waals surface area contributed by atoms with Gasteiger partial charge in [-0.3, -0.25) is 4.98 Å². The van der Waals surface area contributed by atoms with Crippen LogP contribution in [0.3, 0.4) is 0 Å². The van der Waals surface area contributed by atoms with E-state index >= 15 is 0 Å². The maximum absolute atomic E-state index is 5.28. The van der Waals surface area contributed by atoms with Crippen LogP contribution in [0.4, 0.5) is 0 Å². The Hall–Kier alpha value is -8.27. The van der Waals surface area contributed by atoms with Crippen LogP contribution >= 0.6 is 0 Å². The molecule has 294 valence electrons. The van der Waals surface area contributed by atoms with Gasteiger partial charge in [-0.25, -0.2) is 9.97 Å². The van der Waals surface area contributed by atoms with E-state index in [4.69, 9.17) is 9.97 Å². The van der Waals surface area contributed by atoms with Crippen LogP contribution in [0.1, 0.15) is 22.3 Å². The van der Waals surface area contributed by atoms with Gasteiger partial charge in [0, 0.05) is 29.1 Å². The first-order valence-electron chi connectivity index (χ1n) is 21.5. The molecule has 63 heavy (non-hydrogen) atoms. The highest BCUT2D eigenvalue weighted by molar-refractivity contribution is 6.06. The Morgan fingerprint density at radius 2 is 0.857 bits per heavy atom. The molecule has 0 bridgehead atoms. The number of pyridine rings is 1. The molecule has 0 saturated heterocycles. The summed E-state index contributed by atoms with van der Waals surface area (Å²) in [6, 6.07) is 81.2. The second-order valence-corrected chi connectivity index (χ2v) is 16.3. The maximum Gasteiger partial charge on any atom is 0.160 e. The highest BCUT2D eigenvalue weighted by Crippen LogP contribution is 2.57. The van der Waals surface area contributed by atoms with E-state index in [1.165, 1.54) is 60.7 Å². The predicted octanol–water partition coefficient (Wildman–Crippen LogP) is 14.9. The SMILES string of the molecule is c1ccc(-c2nc(-c3ccc(-c4cccnc4)cc3)cc(-c3ccc(-c4ccc5c(c4)C(c4ccccc4)(c4ccccc4)c4cc6ccccc6cc4-5)c4ccccc34)n2)cc1. The lowest BCUT2D eigenvalue weighted by atomic mass is 9.67. The quantitative estimate of drug-likeness (QED) is 0.161. The number of benzene rings is 9. The number of aromatic nitrogens is 3. The number of fused-ring (bicyclic) bond motifs is 5. The Morgan fingerprint density at radius 3 is 1.56 bits per heavy atom. The minimum Gasteiger partial charge on any atom is -0.264 e. The smallest absolute Gasteiger partial charge is 0.160 e. The summed E-state index contributed by atoms with van der Waals surface area (Å²) in [7, 11) is 0. The molecule has 0 aliphatic heterocycles. The monoisotopic (exact) mass is 801 g/mol. The average molecular weight is 802 g/mol. The normalized spacial score (nSPS) is 12.6. The maximum atomic E-state index is 5.28. The van der Waals surface area contributed by atoms with Crippen LogP contribution in [0.15, 0.2) is 237 Å². The van der Waals surface area contributed by atoms with Crippen molar-refractivity contribution in [3.8, 4) is 67.3 Å². The van der Waals surface area contributed by atoms with Gasteiger partial charge in [-0.05, 0) is 108 Å². The van der Waals surface area contributed by atoms with Crippen molar-refractivity contribution in [2.45, 2.75) is 5.41 Å². The highest BCUT2D eigenvalue weighted by atomic mass is 14.9. The van der Waals surface area contributed by atoms with Crippen molar-refractivity contribution in [1.82, 2.24) is 15.0 Å². The average Bonchev–Trinajstić information content (AvgIpc) is 3.65. The first-order valence-corrected chi connectivity index (χ1v) is 21.5. The molecule has 11 aromatic rings. The second-order valence-electron chi connectivity index (χ2n) is 16.3. The van der Waals surface area contributed by atoms with Gasteiger partial charge in [0.25, 0.3) is 0 Å². The summed E-state index contributed by atoms with van der Waals surface area (Å²) < 4.78 is 0. The molecule has 0 saturated carbocycles. The Morgan fingerprint density at radius 1 is 0.317 bits per heavy atom. The summed E-state index contributed by atoms with van der Waals surface area (Å²) in [4.78, 5) is 14.8. The van der Waals surface area contributed by atoms with Gasteiger partial charge in [0.1, 0.15) is 0 Å². The van der Waals surface area contributed by atoms with E-state index in [-0.39, 0.29) is 0 Å². The fraction of sp³-hybridized carbons (Fsp3) is 0.0167. The van der Waals surface area contributed by atoms with Crippen molar-refractivity contribution >= 4 is 21.5 Å². The summed E-state index contributed by atoms with van der Waals surface area (Å²) in [6.45, 7) is 0. The van der Waals surface area contributed by atoms with Gasteiger partial charge >= 0.3 is 0 Å². The van der Waals surface area contributed by atoms with E-state index in [0.717, 1.165) is 44.6 Å². The Labute approximate surface area is 366 Å². The Bertz CT molecular complexity index is 3430. The molecule has 0 spiro atoms. The molecule has 1 aliphatic rings. The molecule has 1 aliphatic carbocycles. The Kier molecular flexibility index (Phi) is 8.72. The van der Waals surface area contributed by atoms with Crippen molar-refractivity contribution in [2.75, 3.05) is 0 Å². The lowest BCUT2D eigenvalue weighted by Crippen LogP contribution is -2.28. The third-order valence-electron chi connectivity index (χ3n) is 12.9. The topological polar surface area (TPSA) is 38.7 Å². The molecule has 0 unspecified atom stereocenters. The zero-order valence-electron chi connectivity index (χ0n) is 34.4.